The van der Waals surface area contributed by atoms with Crippen LogP contribution in [0, 0.1) is 6.92 Å². The molecule has 1 aliphatic heterocycles. The zero-order chi connectivity index (χ0) is 28.7. The van der Waals surface area contributed by atoms with Gasteiger partial charge in [-0.05, 0) is 86.8 Å². The molecule has 4 heterocycles. The van der Waals surface area contributed by atoms with Crippen molar-refractivity contribution in [1.82, 2.24) is 25.1 Å². The molecule has 4 N–H and O–H groups in total. The number of aromatic nitrogens is 2. The number of aliphatic hydroxyl groups excluding tert-OH is 1. The Labute approximate surface area is 252 Å². The summed E-state index contributed by atoms with van der Waals surface area (Å²) in [5, 5.41) is 17.5. The van der Waals surface area contributed by atoms with E-state index in [9.17, 15) is 0 Å². The number of hydrogen-bond donors (Lipinski definition) is 4. The molecule has 42 heavy (non-hydrogen) atoms. The molecular weight excluding hydrogens is 540 g/mol. The number of H-pyrrole nitrogens is 1. The molecule has 0 amide bonds. The highest BCUT2D eigenvalue weighted by molar-refractivity contribution is 7.22. The number of rotatable bonds is 13. The van der Waals surface area contributed by atoms with Crippen LogP contribution in [0.3, 0.4) is 0 Å². The van der Waals surface area contributed by atoms with Gasteiger partial charge in [0, 0.05) is 79.2 Å². The predicted molar refractivity (Wildman–Crippen MR) is 177 cm³/mol. The number of anilines is 2. The molecule has 7 nitrogen and oxygen atoms in total. The molecule has 5 aromatic rings. The number of hydrogen-bond acceptors (Lipinski definition) is 7. The second kappa shape index (κ2) is 13.8. The summed E-state index contributed by atoms with van der Waals surface area (Å²) in [6.07, 6.45) is 5.21. The normalized spacial score (nSPS) is 14.7. The molecule has 0 spiro atoms. The smallest absolute Gasteiger partial charge is 0.0837 e. The maximum absolute atomic E-state index is 9.01. The van der Waals surface area contributed by atoms with Crippen molar-refractivity contribution >= 4 is 43.8 Å². The predicted octanol–water partition coefficient (Wildman–Crippen LogP) is 6.37. The highest BCUT2D eigenvalue weighted by atomic mass is 32.1. The third-order valence-corrected chi connectivity index (χ3v) is 9.40. The fourth-order valence-corrected chi connectivity index (χ4v) is 6.92. The maximum Gasteiger partial charge on any atom is 0.0837 e. The fourth-order valence-electron chi connectivity index (χ4n) is 5.83. The van der Waals surface area contributed by atoms with E-state index in [2.05, 4.69) is 98.0 Å². The van der Waals surface area contributed by atoms with Crippen LogP contribution in [-0.2, 0) is 6.54 Å². The zero-order valence-corrected chi connectivity index (χ0v) is 25.3. The third kappa shape index (κ3) is 7.19. The lowest BCUT2D eigenvalue weighted by molar-refractivity contribution is 0.123. The lowest BCUT2D eigenvalue weighted by Gasteiger charge is -2.34. The number of fused-ring (bicyclic) bond motifs is 2. The van der Waals surface area contributed by atoms with Crippen LogP contribution in [0.2, 0.25) is 0 Å². The van der Waals surface area contributed by atoms with Crippen LogP contribution in [0.1, 0.15) is 30.5 Å². The van der Waals surface area contributed by atoms with Gasteiger partial charge in [-0.15, -0.1) is 11.3 Å². The molecule has 8 heteroatoms. The summed E-state index contributed by atoms with van der Waals surface area (Å²) >= 11 is 1.79. The maximum atomic E-state index is 9.01. The first-order valence-electron chi connectivity index (χ1n) is 15.3. The van der Waals surface area contributed by atoms with Gasteiger partial charge in [0.25, 0.3) is 0 Å². The molecule has 0 aliphatic carbocycles. The Hall–Kier alpha value is -3.27. The molecule has 2 aromatic carbocycles. The highest BCUT2D eigenvalue weighted by Crippen LogP contribution is 2.38. The summed E-state index contributed by atoms with van der Waals surface area (Å²) in [5.74, 6) is 0. The van der Waals surface area contributed by atoms with Crippen LogP contribution in [-0.4, -0.2) is 77.3 Å². The molecule has 6 rings (SSSR count). The van der Waals surface area contributed by atoms with Gasteiger partial charge in [-0.3, -0.25) is 4.98 Å². The van der Waals surface area contributed by atoms with Crippen molar-refractivity contribution in [1.29, 1.82) is 0 Å². The number of thiophene rings is 1. The average molecular weight is 583 g/mol. The summed E-state index contributed by atoms with van der Waals surface area (Å²) in [6.45, 7) is 11.1. The summed E-state index contributed by atoms with van der Waals surface area (Å²) in [4.78, 5) is 14.3. The number of aliphatic hydroxyl groups is 1. The molecule has 3 aromatic heterocycles. The number of unbranched alkanes of at least 4 members (excludes halogenated alkanes) is 1. The summed E-state index contributed by atoms with van der Waals surface area (Å²) in [5.41, 5.74) is 8.06. The first-order chi connectivity index (χ1) is 20.6. The van der Waals surface area contributed by atoms with E-state index in [0.717, 1.165) is 74.6 Å². The van der Waals surface area contributed by atoms with E-state index in [1.54, 1.807) is 11.3 Å². The number of benzene rings is 2. The Morgan fingerprint density at radius 3 is 2.48 bits per heavy atom. The lowest BCUT2D eigenvalue weighted by Crippen LogP contribution is -2.46. The molecular formula is C34H42N6OS. The van der Waals surface area contributed by atoms with Crippen molar-refractivity contribution in [2.24, 2.45) is 0 Å². The monoisotopic (exact) mass is 582 g/mol. The van der Waals surface area contributed by atoms with Crippen molar-refractivity contribution < 1.29 is 5.11 Å². The van der Waals surface area contributed by atoms with Gasteiger partial charge >= 0.3 is 0 Å². The Bertz CT molecular complexity index is 1590. The van der Waals surface area contributed by atoms with E-state index in [-0.39, 0.29) is 0 Å². The first-order valence-corrected chi connectivity index (χ1v) is 16.1. The fraction of sp³-hybridized carbons (Fsp3) is 0.382. The Morgan fingerprint density at radius 1 is 0.905 bits per heavy atom. The summed E-state index contributed by atoms with van der Waals surface area (Å²) in [7, 11) is 0. The van der Waals surface area contributed by atoms with Gasteiger partial charge in [-0.1, -0.05) is 24.3 Å². The lowest BCUT2D eigenvalue weighted by atomic mass is 10.1. The van der Waals surface area contributed by atoms with Crippen molar-refractivity contribution in [2.75, 3.05) is 57.7 Å². The van der Waals surface area contributed by atoms with Crippen LogP contribution in [0.5, 0.6) is 0 Å². The molecule has 1 fully saturated rings. The quantitative estimate of drug-likeness (QED) is 0.121. The SMILES string of the molecule is Cc1cc2cc(Nc3ccnc4cc(-c5ccc(CNCCCCN6CCN(CCCO)CC6)cc5)sc34)ccc2[nH]1. The minimum absolute atomic E-state index is 0.299. The van der Waals surface area contributed by atoms with Crippen molar-refractivity contribution in [3.8, 4) is 10.4 Å². The van der Waals surface area contributed by atoms with Gasteiger partial charge in [-0.2, -0.15) is 0 Å². The topological polar surface area (TPSA) is 79.5 Å². The minimum Gasteiger partial charge on any atom is -0.396 e. The van der Waals surface area contributed by atoms with Crippen molar-refractivity contribution in [3.63, 3.8) is 0 Å². The van der Waals surface area contributed by atoms with E-state index < -0.39 is 0 Å². The number of piperazine rings is 1. The van der Waals surface area contributed by atoms with E-state index in [0.29, 0.717) is 6.61 Å². The van der Waals surface area contributed by atoms with Crippen molar-refractivity contribution in [3.05, 3.63) is 78.1 Å². The summed E-state index contributed by atoms with van der Waals surface area (Å²) < 4.78 is 1.17. The van der Waals surface area contributed by atoms with Gasteiger partial charge in [-0.25, -0.2) is 0 Å². The summed E-state index contributed by atoms with van der Waals surface area (Å²) in [6, 6.07) is 21.8. The van der Waals surface area contributed by atoms with Crippen LogP contribution in [0.25, 0.3) is 31.6 Å². The van der Waals surface area contributed by atoms with Gasteiger partial charge in [0.05, 0.1) is 15.9 Å². The van der Waals surface area contributed by atoms with Crippen LogP contribution in [0.15, 0.2) is 66.9 Å². The Kier molecular flexibility index (Phi) is 9.47. The number of nitrogens with one attached hydrogen (secondary N) is 3. The molecule has 0 atom stereocenters. The molecule has 1 aliphatic rings. The highest BCUT2D eigenvalue weighted by Gasteiger charge is 2.15. The number of aryl methyl sites for hydroxylation is 1. The van der Waals surface area contributed by atoms with Crippen LogP contribution in [0.4, 0.5) is 11.4 Å². The zero-order valence-electron chi connectivity index (χ0n) is 24.5. The van der Waals surface area contributed by atoms with Crippen molar-refractivity contribution in [2.45, 2.75) is 32.7 Å². The molecule has 220 valence electrons. The number of aromatic amines is 1. The number of pyridine rings is 1. The first kappa shape index (κ1) is 28.8. The largest absolute Gasteiger partial charge is 0.396 e. The van der Waals surface area contributed by atoms with E-state index in [4.69, 9.17) is 5.11 Å². The molecule has 0 radical (unpaired) electrons. The van der Waals surface area contributed by atoms with E-state index >= 15 is 0 Å². The molecule has 0 saturated carbocycles. The van der Waals surface area contributed by atoms with Gasteiger partial charge < -0.3 is 30.5 Å². The Balaban J connectivity index is 0.976. The van der Waals surface area contributed by atoms with E-state index in [1.807, 2.05) is 6.20 Å². The van der Waals surface area contributed by atoms with Gasteiger partial charge in [0.1, 0.15) is 0 Å². The standard InChI is InChI=1S/C34H42N6OS/c1-25-21-28-22-29(9-10-30(28)37-25)38-31-11-13-36-32-23-33(42-34(31)32)27-7-5-26(6-8-27)24-35-12-2-3-14-39-16-18-40(19-17-39)15-4-20-41/h5-11,13,21-23,35,37,41H,2-4,12,14-20,24H2,1H3,(H,36,38). The van der Waals surface area contributed by atoms with E-state index in [1.165, 1.54) is 51.2 Å². The molecule has 1 saturated heterocycles. The second-order valence-corrected chi connectivity index (χ2v) is 12.5. The van der Waals surface area contributed by atoms with Crippen LogP contribution >= 0.6 is 11.3 Å². The van der Waals surface area contributed by atoms with Crippen LogP contribution < -0.4 is 10.6 Å². The Morgan fingerprint density at radius 2 is 1.69 bits per heavy atom. The minimum atomic E-state index is 0.299. The average Bonchev–Trinajstić information content (AvgIpc) is 3.62. The number of nitrogens with zero attached hydrogens (tertiary/aromatic N) is 3. The van der Waals surface area contributed by atoms with Gasteiger partial charge in [0.15, 0.2) is 0 Å². The molecule has 0 unspecified atom stereocenters. The second-order valence-electron chi connectivity index (χ2n) is 11.4. The van der Waals surface area contributed by atoms with Gasteiger partial charge in [0.2, 0.25) is 0 Å². The third-order valence-electron chi connectivity index (χ3n) is 8.19. The molecule has 0 bridgehead atoms.